The second-order valence-electron chi connectivity index (χ2n) is 3.38. The monoisotopic (exact) mass is 196 g/mol. The van der Waals surface area contributed by atoms with Crippen molar-refractivity contribution >= 4 is 11.7 Å². The lowest BCUT2D eigenvalue weighted by molar-refractivity contribution is -0.116. The molecule has 0 aliphatic carbocycles. The number of aromatic amines is 1. The summed E-state index contributed by atoms with van der Waals surface area (Å²) in [4.78, 5) is 11.4. The fourth-order valence-corrected chi connectivity index (χ4v) is 1.06. The molecule has 0 saturated heterocycles. The highest BCUT2D eigenvalue weighted by molar-refractivity contribution is 5.90. The molecule has 1 rings (SSSR count). The number of carbonyl (C=O) groups excluding carboxylic acids is 1. The Morgan fingerprint density at radius 2 is 2.43 bits per heavy atom. The van der Waals surface area contributed by atoms with E-state index in [1.54, 1.807) is 6.07 Å². The predicted octanol–water partition coefficient (Wildman–Crippen LogP) is 0.655. The molecule has 3 N–H and O–H groups in total. The first-order chi connectivity index (χ1) is 6.61. The molecule has 0 saturated carbocycles. The quantitative estimate of drug-likeness (QED) is 0.662. The molecule has 1 heterocycles. The van der Waals surface area contributed by atoms with Gasteiger partial charge < -0.3 is 10.6 Å². The number of nitrogens with one attached hydrogen (secondary N) is 3. The molecule has 78 valence electrons. The molecule has 1 aromatic heterocycles. The van der Waals surface area contributed by atoms with E-state index in [2.05, 4.69) is 20.8 Å². The Bertz CT molecular complexity index is 308. The highest BCUT2D eigenvalue weighted by Crippen LogP contribution is 2.04. The van der Waals surface area contributed by atoms with Crippen molar-refractivity contribution < 1.29 is 4.79 Å². The lowest BCUT2D eigenvalue weighted by atomic mass is 10.2. The van der Waals surface area contributed by atoms with Gasteiger partial charge in [-0.3, -0.25) is 9.89 Å². The number of carbonyl (C=O) groups is 1. The van der Waals surface area contributed by atoms with Crippen LogP contribution in [-0.2, 0) is 4.79 Å². The summed E-state index contributed by atoms with van der Waals surface area (Å²) in [6.45, 7) is 3.84. The first-order valence-electron chi connectivity index (χ1n) is 4.61. The molecule has 0 radical (unpaired) electrons. The van der Waals surface area contributed by atoms with Crippen LogP contribution in [0.1, 0.15) is 19.0 Å². The minimum atomic E-state index is -0.0293. The van der Waals surface area contributed by atoms with Gasteiger partial charge in [-0.1, -0.05) is 0 Å². The summed E-state index contributed by atoms with van der Waals surface area (Å²) in [6.07, 6.45) is 0.447. The summed E-state index contributed by atoms with van der Waals surface area (Å²) in [6, 6.07) is 1.97. The van der Waals surface area contributed by atoms with Gasteiger partial charge >= 0.3 is 0 Å². The van der Waals surface area contributed by atoms with Gasteiger partial charge in [-0.05, 0) is 20.9 Å². The standard InChI is InChI=1S/C9H16N4O/c1-6(10-3)5-9(14)11-8-4-7(2)12-13-8/h4,6,10H,5H2,1-3H3,(H2,11,12,13,14). The maximum absolute atomic E-state index is 11.4. The number of H-pyrrole nitrogens is 1. The van der Waals surface area contributed by atoms with Crippen molar-refractivity contribution in [3.05, 3.63) is 11.8 Å². The topological polar surface area (TPSA) is 69.8 Å². The van der Waals surface area contributed by atoms with Gasteiger partial charge in [-0.25, -0.2) is 0 Å². The van der Waals surface area contributed by atoms with Crippen LogP contribution in [0, 0.1) is 6.92 Å². The average Bonchev–Trinajstić information content (AvgIpc) is 2.50. The number of anilines is 1. The van der Waals surface area contributed by atoms with Crippen LogP contribution in [0.3, 0.4) is 0 Å². The van der Waals surface area contributed by atoms with E-state index >= 15 is 0 Å². The van der Waals surface area contributed by atoms with Crippen LogP contribution in [0.2, 0.25) is 0 Å². The molecule has 1 aromatic rings. The lowest BCUT2D eigenvalue weighted by Crippen LogP contribution is -2.27. The summed E-state index contributed by atoms with van der Waals surface area (Å²) >= 11 is 0. The molecule has 5 nitrogen and oxygen atoms in total. The van der Waals surface area contributed by atoms with E-state index in [9.17, 15) is 4.79 Å². The van der Waals surface area contributed by atoms with Crippen molar-refractivity contribution in [1.82, 2.24) is 15.5 Å². The van der Waals surface area contributed by atoms with Crippen molar-refractivity contribution in [2.75, 3.05) is 12.4 Å². The Morgan fingerprint density at radius 1 is 1.71 bits per heavy atom. The Labute approximate surface area is 83.3 Å². The zero-order valence-corrected chi connectivity index (χ0v) is 8.72. The zero-order chi connectivity index (χ0) is 10.6. The normalized spacial score (nSPS) is 12.5. The first kappa shape index (κ1) is 10.7. The zero-order valence-electron chi connectivity index (χ0n) is 8.72. The van der Waals surface area contributed by atoms with E-state index in [1.807, 2.05) is 20.9 Å². The van der Waals surface area contributed by atoms with Crippen molar-refractivity contribution in [3.63, 3.8) is 0 Å². The average molecular weight is 196 g/mol. The summed E-state index contributed by atoms with van der Waals surface area (Å²) in [5.41, 5.74) is 0.932. The fraction of sp³-hybridized carbons (Fsp3) is 0.556. The number of hydrogen-bond acceptors (Lipinski definition) is 3. The third-order valence-corrected chi connectivity index (χ3v) is 1.96. The van der Waals surface area contributed by atoms with E-state index < -0.39 is 0 Å². The highest BCUT2D eigenvalue weighted by atomic mass is 16.1. The molecule has 0 fully saturated rings. The van der Waals surface area contributed by atoms with E-state index in [0.29, 0.717) is 12.2 Å². The molecule has 0 aromatic carbocycles. The van der Waals surface area contributed by atoms with Crippen molar-refractivity contribution in [1.29, 1.82) is 0 Å². The van der Waals surface area contributed by atoms with Gasteiger partial charge in [0.2, 0.25) is 5.91 Å². The smallest absolute Gasteiger partial charge is 0.227 e. The summed E-state index contributed by atoms with van der Waals surface area (Å²) in [7, 11) is 1.83. The van der Waals surface area contributed by atoms with E-state index in [1.165, 1.54) is 0 Å². The van der Waals surface area contributed by atoms with Gasteiger partial charge in [0.15, 0.2) is 5.82 Å². The van der Waals surface area contributed by atoms with Gasteiger partial charge in [0.25, 0.3) is 0 Å². The second-order valence-corrected chi connectivity index (χ2v) is 3.38. The summed E-state index contributed by atoms with van der Waals surface area (Å²) < 4.78 is 0. The summed E-state index contributed by atoms with van der Waals surface area (Å²) in [5, 5.41) is 12.4. The molecular formula is C9H16N4O. The van der Waals surface area contributed by atoms with Crippen LogP contribution in [0.4, 0.5) is 5.82 Å². The number of rotatable bonds is 4. The molecule has 1 amide bonds. The molecule has 0 aliphatic heterocycles. The molecule has 0 bridgehead atoms. The predicted molar refractivity (Wildman–Crippen MR) is 55.1 cm³/mol. The van der Waals surface area contributed by atoms with E-state index in [0.717, 1.165) is 5.69 Å². The van der Waals surface area contributed by atoms with Gasteiger partial charge in [0.1, 0.15) is 0 Å². The molecule has 0 aliphatic rings. The van der Waals surface area contributed by atoms with Gasteiger partial charge in [-0.15, -0.1) is 0 Å². The maximum atomic E-state index is 11.4. The maximum Gasteiger partial charge on any atom is 0.227 e. The number of nitrogens with zero attached hydrogens (tertiary/aromatic N) is 1. The molecule has 1 atom stereocenters. The fourth-order valence-electron chi connectivity index (χ4n) is 1.06. The van der Waals surface area contributed by atoms with Gasteiger partial charge in [0.05, 0.1) is 0 Å². The molecule has 14 heavy (non-hydrogen) atoms. The molecule has 0 spiro atoms. The lowest BCUT2D eigenvalue weighted by Gasteiger charge is -2.08. The molecular weight excluding hydrogens is 180 g/mol. The van der Waals surface area contributed by atoms with E-state index in [4.69, 9.17) is 0 Å². The highest BCUT2D eigenvalue weighted by Gasteiger charge is 2.08. The third kappa shape index (κ3) is 3.18. The van der Waals surface area contributed by atoms with Crippen LogP contribution < -0.4 is 10.6 Å². The SMILES string of the molecule is CNC(C)CC(=O)Nc1cc(C)[nH]n1. The largest absolute Gasteiger partial charge is 0.317 e. The Morgan fingerprint density at radius 3 is 2.93 bits per heavy atom. The van der Waals surface area contributed by atoms with Gasteiger partial charge in [-0.2, -0.15) is 5.10 Å². The number of aryl methyl sites for hydroxylation is 1. The van der Waals surface area contributed by atoms with Crippen LogP contribution in [0.5, 0.6) is 0 Å². The minimum absolute atomic E-state index is 0.0293. The Hall–Kier alpha value is -1.36. The van der Waals surface area contributed by atoms with Crippen molar-refractivity contribution in [3.8, 4) is 0 Å². The van der Waals surface area contributed by atoms with Crippen LogP contribution in [0.15, 0.2) is 6.07 Å². The Kier molecular flexibility index (Phi) is 3.64. The number of amides is 1. The molecule has 1 unspecified atom stereocenters. The summed E-state index contributed by atoms with van der Waals surface area (Å²) in [5.74, 6) is 0.550. The van der Waals surface area contributed by atoms with Crippen LogP contribution in [-0.4, -0.2) is 29.2 Å². The minimum Gasteiger partial charge on any atom is -0.317 e. The Balaban J connectivity index is 2.41. The van der Waals surface area contributed by atoms with Crippen LogP contribution >= 0.6 is 0 Å². The third-order valence-electron chi connectivity index (χ3n) is 1.96. The number of aromatic nitrogens is 2. The van der Waals surface area contributed by atoms with Crippen LogP contribution in [0.25, 0.3) is 0 Å². The first-order valence-corrected chi connectivity index (χ1v) is 4.61. The van der Waals surface area contributed by atoms with Crippen molar-refractivity contribution in [2.24, 2.45) is 0 Å². The molecule has 5 heteroatoms. The number of hydrogen-bond donors (Lipinski definition) is 3. The second kappa shape index (κ2) is 4.76. The van der Waals surface area contributed by atoms with Gasteiger partial charge in [0, 0.05) is 24.2 Å². The van der Waals surface area contributed by atoms with E-state index in [-0.39, 0.29) is 11.9 Å². The van der Waals surface area contributed by atoms with Crippen molar-refractivity contribution in [2.45, 2.75) is 26.3 Å².